The second-order valence-electron chi connectivity index (χ2n) is 5.56. The smallest absolute Gasteiger partial charge is 0.358 e. The summed E-state index contributed by atoms with van der Waals surface area (Å²) in [5.41, 5.74) is 0.780. The number of nitrogens with zero attached hydrogens (tertiary/aromatic N) is 2. The molecule has 0 bridgehead atoms. The predicted octanol–water partition coefficient (Wildman–Crippen LogP) is 2.70. The van der Waals surface area contributed by atoms with Gasteiger partial charge in [0.25, 0.3) is 5.56 Å². The van der Waals surface area contributed by atoms with Crippen LogP contribution < -0.4 is 5.56 Å². The van der Waals surface area contributed by atoms with Crippen molar-refractivity contribution in [1.82, 2.24) is 9.55 Å². The van der Waals surface area contributed by atoms with Gasteiger partial charge in [-0.05, 0) is 35.4 Å². The third-order valence-corrected chi connectivity index (χ3v) is 4.90. The maximum Gasteiger partial charge on any atom is 0.358 e. The van der Waals surface area contributed by atoms with Crippen LogP contribution in [-0.2, 0) is 19.9 Å². The summed E-state index contributed by atoms with van der Waals surface area (Å²) in [6.45, 7) is 0. The van der Waals surface area contributed by atoms with Gasteiger partial charge in [-0.25, -0.2) is 9.78 Å². The van der Waals surface area contributed by atoms with Crippen molar-refractivity contribution in [2.24, 2.45) is 7.05 Å². The van der Waals surface area contributed by atoms with Gasteiger partial charge >= 0.3 is 5.97 Å². The molecule has 0 saturated carbocycles. The van der Waals surface area contributed by atoms with Crippen LogP contribution in [0.1, 0.15) is 21.6 Å². The van der Waals surface area contributed by atoms with Crippen LogP contribution in [0.5, 0.6) is 5.75 Å². The van der Waals surface area contributed by atoms with E-state index in [1.54, 1.807) is 0 Å². The summed E-state index contributed by atoms with van der Waals surface area (Å²) in [6.07, 6.45) is 1.56. The van der Waals surface area contributed by atoms with E-state index in [9.17, 15) is 14.7 Å². The lowest BCUT2D eigenvalue weighted by molar-refractivity contribution is 0.0686. The summed E-state index contributed by atoms with van der Waals surface area (Å²) in [7, 11) is 1.47. The van der Waals surface area contributed by atoms with Crippen LogP contribution >= 0.6 is 11.3 Å². The Morgan fingerprint density at radius 2 is 1.92 bits per heavy atom. The molecule has 0 aliphatic carbocycles. The quantitative estimate of drug-likeness (QED) is 0.733. The molecule has 2 aromatic heterocycles. The minimum atomic E-state index is -1.43. The van der Waals surface area contributed by atoms with Crippen LogP contribution in [-0.4, -0.2) is 25.7 Å². The minimum absolute atomic E-state index is 0.248. The van der Waals surface area contributed by atoms with E-state index < -0.39 is 23.0 Å². The molecule has 0 fully saturated rings. The van der Waals surface area contributed by atoms with Gasteiger partial charge in [-0.2, -0.15) is 0 Å². The zero-order chi connectivity index (χ0) is 18.0. The van der Waals surface area contributed by atoms with Crippen molar-refractivity contribution in [3.8, 4) is 16.5 Å². The average molecular weight is 356 g/mol. The monoisotopic (exact) mass is 356 g/mol. The molecule has 2 heterocycles. The van der Waals surface area contributed by atoms with Crippen LogP contribution in [0.4, 0.5) is 0 Å². The molecule has 7 heteroatoms. The van der Waals surface area contributed by atoms with E-state index in [-0.39, 0.29) is 5.82 Å². The summed E-state index contributed by atoms with van der Waals surface area (Å²) in [5, 5.41) is 20.8. The second-order valence-corrected chi connectivity index (χ2v) is 6.48. The van der Waals surface area contributed by atoms with Crippen LogP contribution in [0.3, 0.4) is 0 Å². The van der Waals surface area contributed by atoms with E-state index in [4.69, 9.17) is 5.11 Å². The molecule has 0 aliphatic heterocycles. The lowest BCUT2D eigenvalue weighted by Gasteiger charge is -2.10. The fourth-order valence-corrected chi connectivity index (χ4v) is 3.57. The van der Waals surface area contributed by atoms with E-state index in [0.717, 1.165) is 23.3 Å². The molecule has 0 spiro atoms. The van der Waals surface area contributed by atoms with Crippen molar-refractivity contribution in [2.75, 3.05) is 0 Å². The molecule has 0 saturated heterocycles. The highest BCUT2D eigenvalue weighted by Crippen LogP contribution is 2.29. The number of carboxylic acids is 1. The number of carboxylic acid groups (broad SMARTS) is 1. The normalized spacial score (nSPS) is 10.8. The molecule has 25 heavy (non-hydrogen) atoms. The molecular weight excluding hydrogens is 340 g/mol. The number of benzene rings is 1. The highest BCUT2D eigenvalue weighted by molar-refractivity contribution is 7.13. The van der Waals surface area contributed by atoms with Crippen molar-refractivity contribution in [2.45, 2.75) is 12.8 Å². The molecule has 0 amide bonds. The molecule has 6 nitrogen and oxygen atoms in total. The van der Waals surface area contributed by atoms with Gasteiger partial charge in [0.15, 0.2) is 11.5 Å². The van der Waals surface area contributed by atoms with E-state index in [2.05, 4.69) is 4.98 Å². The molecule has 0 unspecified atom stereocenters. The number of hydrogen-bond acceptors (Lipinski definition) is 5. The number of thiophene rings is 1. The molecule has 2 N–H and O–H groups in total. The first-order valence-electron chi connectivity index (χ1n) is 7.63. The minimum Gasteiger partial charge on any atom is -0.501 e. The molecule has 128 valence electrons. The van der Waals surface area contributed by atoms with Crippen molar-refractivity contribution in [3.05, 3.63) is 69.0 Å². The van der Waals surface area contributed by atoms with E-state index in [1.165, 1.54) is 28.5 Å². The van der Waals surface area contributed by atoms with Gasteiger partial charge in [-0.3, -0.25) is 9.36 Å². The maximum atomic E-state index is 12.1. The predicted molar refractivity (Wildman–Crippen MR) is 95.3 cm³/mol. The van der Waals surface area contributed by atoms with Gasteiger partial charge in [0.1, 0.15) is 0 Å². The molecule has 3 rings (SSSR count). The van der Waals surface area contributed by atoms with Gasteiger partial charge in [-0.1, -0.05) is 30.3 Å². The third-order valence-electron chi connectivity index (χ3n) is 3.95. The van der Waals surface area contributed by atoms with Gasteiger partial charge < -0.3 is 10.2 Å². The third kappa shape index (κ3) is 3.32. The van der Waals surface area contributed by atoms with Gasteiger partial charge in [0.05, 0.1) is 4.88 Å². The summed E-state index contributed by atoms with van der Waals surface area (Å²) < 4.78 is 1.18. The topological polar surface area (TPSA) is 92.4 Å². The zero-order valence-electron chi connectivity index (χ0n) is 13.5. The van der Waals surface area contributed by atoms with Crippen molar-refractivity contribution in [3.63, 3.8) is 0 Å². The lowest BCUT2D eigenvalue weighted by atomic mass is 10.0. The second kappa shape index (κ2) is 6.90. The Kier molecular flexibility index (Phi) is 4.67. The summed E-state index contributed by atoms with van der Waals surface area (Å²) in [4.78, 5) is 28.1. The van der Waals surface area contributed by atoms with Crippen LogP contribution in [0, 0.1) is 0 Å². The van der Waals surface area contributed by atoms with Gasteiger partial charge in [0.2, 0.25) is 5.75 Å². The molecular formula is C18H16N2O4S. The van der Waals surface area contributed by atoms with E-state index in [0.29, 0.717) is 0 Å². The average Bonchev–Trinajstić information content (AvgIpc) is 3.07. The molecule has 0 radical (unpaired) electrons. The molecule has 1 aromatic carbocycles. The first kappa shape index (κ1) is 16.9. The van der Waals surface area contributed by atoms with Crippen molar-refractivity contribution >= 4 is 17.3 Å². The largest absolute Gasteiger partial charge is 0.501 e. The Balaban J connectivity index is 2.00. The number of aromatic hydroxyl groups is 1. The van der Waals surface area contributed by atoms with Crippen LogP contribution in [0.25, 0.3) is 10.7 Å². The number of aromatic nitrogens is 2. The molecule has 0 aliphatic rings. The number of hydrogen-bond donors (Lipinski definition) is 2. The lowest BCUT2D eigenvalue weighted by Crippen LogP contribution is -2.23. The maximum absolute atomic E-state index is 12.1. The Morgan fingerprint density at radius 1 is 1.20 bits per heavy atom. The van der Waals surface area contributed by atoms with Crippen molar-refractivity contribution in [1.29, 1.82) is 0 Å². The van der Waals surface area contributed by atoms with Crippen LogP contribution in [0.15, 0.2) is 46.6 Å². The summed E-state index contributed by atoms with van der Waals surface area (Å²) in [6, 6.07) is 12.0. The van der Waals surface area contributed by atoms with Crippen molar-refractivity contribution < 1.29 is 15.0 Å². The Morgan fingerprint density at radius 3 is 2.60 bits per heavy atom. The molecule has 0 atom stereocenters. The molecule has 3 aromatic rings. The Bertz CT molecular complexity index is 976. The zero-order valence-corrected chi connectivity index (χ0v) is 14.3. The SMILES string of the molecule is Cn1c(-c2sccc2CCc2ccccc2)nc(C(=O)O)c(O)c1=O. The highest BCUT2D eigenvalue weighted by atomic mass is 32.1. The summed E-state index contributed by atoms with van der Waals surface area (Å²) in [5.74, 6) is -2.03. The first-order chi connectivity index (χ1) is 12.0. The first-order valence-corrected chi connectivity index (χ1v) is 8.51. The van der Waals surface area contributed by atoms with E-state index in [1.807, 2.05) is 41.8 Å². The highest BCUT2D eigenvalue weighted by Gasteiger charge is 2.21. The fourth-order valence-electron chi connectivity index (χ4n) is 2.59. The van der Waals surface area contributed by atoms with Gasteiger partial charge in [-0.15, -0.1) is 11.3 Å². The number of aromatic carboxylic acids is 1. The Labute approximate surface area is 147 Å². The Hall–Kier alpha value is -2.93. The van der Waals surface area contributed by atoms with Crippen LogP contribution in [0.2, 0.25) is 0 Å². The standard InChI is InChI=1S/C18H16N2O4S/c1-20-16(19-13(18(23)24)14(21)17(20)22)15-12(9-10-25-15)8-7-11-5-3-2-4-6-11/h2-6,9-10,21H,7-8H2,1H3,(H,23,24). The number of carbonyl (C=O) groups is 1. The summed E-state index contributed by atoms with van der Waals surface area (Å²) >= 11 is 1.39. The van der Waals surface area contributed by atoms with Gasteiger partial charge in [0, 0.05) is 7.05 Å². The number of rotatable bonds is 5. The fraction of sp³-hybridized carbons (Fsp3) is 0.167. The van der Waals surface area contributed by atoms with E-state index >= 15 is 0 Å². The number of aryl methyl sites for hydroxylation is 2.